The molecule has 1 aliphatic carbocycles. The molecule has 2 rings (SSSR count). The first kappa shape index (κ1) is 16.2. The van der Waals surface area contributed by atoms with Crippen molar-refractivity contribution in [3.05, 3.63) is 23.8 Å². The number of primary sulfonamides is 1. The van der Waals surface area contributed by atoms with E-state index >= 15 is 0 Å². The van der Waals surface area contributed by atoms with Crippen molar-refractivity contribution in [3.63, 3.8) is 0 Å². The highest BCUT2D eigenvalue weighted by atomic mass is 32.2. The molecule has 7 heteroatoms. The molecule has 3 atom stereocenters. The van der Waals surface area contributed by atoms with E-state index in [-0.39, 0.29) is 23.1 Å². The van der Waals surface area contributed by atoms with Gasteiger partial charge in [-0.1, -0.05) is 6.07 Å². The van der Waals surface area contributed by atoms with E-state index in [9.17, 15) is 8.42 Å². The number of ether oxygens (including phenoxy) is 2. The summed E-state index contributed by atoms with van der Waals surface area (Å²) in [5.41, 5.74) is 1.35. The fourth-order valence-corrected chi connectivity index (χ4v) is 3.43. The van der Waals surface area contributed by atoms with Gasteiger partial charge in [0.15, 0.2) is 0 Å². The monoisotopic (exact) mass is 314 g/mol. The maximum absolute atomic E-state index is 11.5. The van der Waals surface area contributed by atoms with Gasteiger partial charge in [-0.25, -0.2) is 13.6 Å². The van der Waals surface area contributed by atoms with E-state index in [1.54, 1.807) is 26.2 Å². The summed E-state index contributed by atoms with van der Waals surface area (Å²) in [6.45, 7) is 4.32. The van der Waals surface area contributed by atoms with Crippen LogP contribution in [0.3, 0.4) is 0 Å². The second kappa shape index (κ2) is 6.31. The third-order valence-corrected chi connectivity index (χ3v) is 4.80. The number of nitrogens with two attached hydrogens (primary N) is 1. The fraction of sp³-hybridized carbons (Fsp3) is 0.571. The van der Waals surface area contributed by atoms with Crippen LogP contribution in [0.2, 0.25) is 0 Å². The molecule has 1 fully saturated rings. The molecule has 1 aromatic carbocycles. The molecule has 0 aliphatic heterocycles. The van der Waals surface area contributed by atoms with Crippen molar-refractivity contribution in [1.82, 2.24) is 0 Å². The first-order valence-corrected chi connectivity index (χ1v) is 8.45. The Morgan fingerprint density at radius 3 is 2.71 bits per heavy atom. The van der Waals surface area contributed by atoms with Crippen molar-refractivity contribution >= 4 is 15.7 Å². The molecule has 0 heterocycles. The Labute approximate surface area is 125 Å². The summed E-state index contributed by atoms with van der Waals surface area (Å²) in [4.78, 5) is 0.141. The zero-order chi connectivity index (χ0) is 15.6. The maximum Gasteiger partial charge on any atom is 0.238 e. The number of aryl methyl sites for hydroxylation is 1. The van der Waals surface area contributed by atoms with Crippen molar-refractivity contribution in [3.8, 4) is 0 Å². The zero-order valence-corrected chi connectivity index (χ0v) is 13.3. The average Bonchev–Trinajstić information content (AvgIpc) is 2.38. The summed E-state index contributed by atoms with van der Waals surface area (Å²) < 4.78 is 34.1. The standard InChI is InChI=1S/C14H22N2O4S/c1-4-20-12-8-11(14(12)19-3)16-10-6-5-9(2)13(7-10)21(15,17)18/h5-7,11-12,14,16H,4,8H2,1-3H3,(H2,15,17,18). The van der Waals surface area contributed by atoms with Crippen LogP contribution in [0.4, 0.5) is 5.69 Å². The largest absolute Gasteiger partial charge is 0.379 e. The molecule has 0 aromatic heterocycles. The van der Waals surface area contributed by atoms with Crippen LogP contribution in [0, 0.1) is 6.92 Å². The van der Waals surface area contributed by atoms with Crippen LogP contribution in [0.25, 0.3) is 0 Å². The second-order valence-corrected chi connectivity index (χ2v) is 6.74. The summed E-state index contributed by atoms with van der Waals surface area (Å²) in [7, 11) is -2.07. The van der Waals surface area contributed by atoms with Gasteiger partial charge in [0.2, 0.25) is 10.0 Å². The van der Waals surface area contributed by atoms with E-state index in [4.69, 9.17) is 14.6 Å². The van der Waals surface area contributed by atoms with Crippen LogP contribution in [0.1, 0.15) is 18.9 Å². The van der Waals surface area contributed by atoms with E-state index in [0.29, 0.717) is 17.9 Å². The van der Waals surface area contributed by atoms with Crippen LogP contribution in [-0.4, -0.2) is 40.4 Å². The smallest absolute Gasteiger partial charge is 0.238 e. The van der Waals surface area contributed by atoms with Crippen LogP contribution in [0.15, 0.2) is 23.1 Å². The highest BCUT2D eigenvalue weighted by Crippen LogP contribution is 2.30. The molecule has 0 amide bonds. The minimum atomic E-state index is -3.71. The number of benzene rings is 1. The lowest BCUT2D eigenvalue weighted by Gasteiger charge is -2.43. The van der Waals surface area contributed by atoms with Crippen molar-refractivity contribution in [2.45, 2.75) is 43.4 Å². The molecule has 0 radical (unpaired) electrons. The molecule has 1 aliphatic rings. The lowest BCUT2D eigenvalue weighted by Crippen LogP contribution is -2.56. The minimum absolute atomic E-state index is 0.0378. The Kier molecular flexibility index (Phi) is 4.88. The minimum Gasteiger partial charge on any atom is -0.379 e. The number of hydrogen-bond donors (Lipinski definition) is 2. The van der Waals surface area contributed by atoms with Gasteiger partial charge in [0.25, 0.3) is 0 Å². The predicted octanol–water partition coefficient (Wildman–Crippen LogP) is 1.25. The summed E-state index contributed by atoms with van der Waals surface area (Å²) in [5.74, 6) is 0. The normalized spacial score (nSPS) is 25.4. The Bertz CT molecular complexity index is 603. The lowest BCUT2D eigenvalue weighted by atomic mass is 9.85. The molecule has 1 saturated carbocycles. The third kappa shape index (κ3) is 3.55. The van der Waals surface area contributed by atoms with Crippen LogP contribution in [0.5, 0.6) is 0 Å². The van der Waals surface area contributed by atoms with Crippen LogP contribution in [-0.2, 0) is 19.5 Å². The van der Waals surface area contributed by atoms with Crippen LogP contribution < -0.4 is 10.5 Å². The predicted molar refractivity (Wildman–Crippen MR) is 80.8 cm³/mol. The molecular weight excluding hydrogens is 292 g/mol. The van der Waals surface area contributed by atoms with Gasteiger partial charge in [0.1, 0.15) is 6.10 Å². The molecule has 3 N–H and O–H groups in total. The molecule has 0 saturated heterocycles. The number of hydrogen-bond acceptors (Lipinski definition) is 5. The molecule has 0 bridgehead atoms. The Morgan fingerprint density at radius 2 is 2.14 bits per heavy atom. The fourth-order valence-electron chi connectivity index (χ4n) is 2.63. The van der Waals surface area contributed by atoms with E-state index in [1.165, 1.54) is 0 Å². The zero-order valence-electron chi connectivity index (χ0n) is 12.5. The number of sulfonamides is 1. The van der Waals surface area contributed by atoms with Gasteiger partial charge in [-0.05, 0) is 38.0 Å². The summed E-state index contributed by atoms with van der Waals surface area (Å²) >= 11 is 0. The first-order valence-electron chi connectivity index (χ1n) is 6.91. The van der Waals surface area contributed by atoms with Crippen molar-refractivity contribution in [1.29, 1.82) is 0 Å². The second-order valence-electron chi connectivity index (χ2n) is 5.21. The number of anilines is 1. The SMILES string of the molecule is CCOC1CC(Nc2ccc(C)c(S(N)(=O)=O)c2)C1OC. The molecule has 6 nitrogen and oxygen atoms in total. The van der Waals surface area contributed by atoms with Gasteiger partial charge in [-0.3, -0.25) is 0 Å². The van der Waals surface area contributed by atoms with Gasteiger partial charge >= 0.3 is 0 Å². The third-order valence-electron chi connectivity index (χ3n) is 3.75. The van der Waals surface area contributed by atoms with Gasteiger partial charge in [-0.15, -0.1) is 0 Å². The number of methoxy groups -OCH3 is 1. The highest BCUT2D eigenvalue weighted by Gasteiger charge is 2.42. The molecule has 118 valence electrons. The Morgan fingerprint density at radius 1 is 1.43 bits per heavy atom. The van der Waals surface area contributed by atoms with E-state index in [0.717, 1.165) is 6.42 Å². The van der Waals surface area contributed by atoms with Crippen molar-refractivity contribution < 1.29 is 17.9 Å². The van der Waals surface area contributed by atoms with Crippen molar-refractivity contribution in [2.75, 3.05) is 19.0 Å². The number of nitrogens with one attached hydrogen (secondary N) is 1. The Hall–Kier alpha value is -1.15. The highest BCUT2D eigenvalue weighted by molar-refractivity contribution is 7.89. The lowest BCUT2D eigenvalue weighted by molar-refractivity contribution is -0.118. The first-order chi connectivity index (χ1) is 9.86. The molecular formula is C14H22N2O4S. The maximum atomic E-state index is 11.5. The average molecular weight is 314 g/mol. The quantitative estimate of drug-likeness (QED) is 0.824. The Balaban J connectivity index is 2.11. The van der Waals surface area contributed by atoms with Gasteiger partial charge in [0.05, 0.1) is 17.0 Å². The molecule has 1 aromatic rings. The van der Waals surface area contributed by atoms with Gasteiger partial charge in [-0.2, -0.15) is 0 Å². The summed E-state index contributed by atoms with van der Waals surface area (Å²) in [6.07, 6.45) is 0.870. The summed E-state index contributed by atoms with van der Waals surface area (Å²) in [5, 5.41) is 8.50. The molecule has 0 spiro atoms. The topological polar surface area (TPSA) is 90.6 Å². The van der Waals surface area contributed by atoms with E-state index in [2.05, 4.69) is 5.32 Å². The van der Waals surface area contributed by atoms with E-state index < -0.39 is 10.0 Å². The molecule has 3 unspecified atom stereocenters. The van der Waals surface area contributed by atoms with Gasteiger partial charge in [0, 0.05) is 19.4 Å². The van der Waals surface area contributed by atoms with E-state index in [1.807, 2.05) is 13.0 Å². The van der Waals surface area contributed by atoms with Crippen LogP contribution >= 0.6 is 0 Å². The van der Waals surface area contributed by atoms with Crippen molar-refractivity contribution in [2.24, 2.45) is 5.14 Å². The van der Waals surface area contributed by atoms with Gasteiger partial charge < -0.3 is 14.8 Å². The molecule has 21 heavy (non-hydrogen) atoms. The summed E-state index contributed by atoms with van der Waals surface area (Å²) in [6, 6.07) is 5.24. The number of rotatable bonds is 6.